The van der Waals surface area contributed by atoms with Crippen LogP contribution in [-0.2, 0) is 0 Å². The van der Waals surface area contributed by atoms with E-state index in [-0.39, 0.29) is 5.50 Å². The van der Waals surface area contributed by atoms with Crippen LogP contribution in [0.15, 0.2) is 11.6 Å². The molecule has 48 valence electrons. The molecule has 8 heavy (non-hydrogen) atoms. The molecule has 0 radical (unpaired) electrons. The van der Waals surface area contributed by atoms with Gasteiger partial charge in [-0.15, -0.1) is 11.6 Å². The van der Waals surface area contributed by atoms with E-state index in [4.69, 9.17) is 11.6 Å². The first-order valence-corrected chi connectivity index (χ1v) is 3.10. The van der Waals surface area contributed by atoms with E-state index in [9.17, 15) is 0 Å². The standard InChI is InChI=1S/C6H12ClN/c1-4-5(2)6(7)8-3/h4,6,8H,1-3H3/b5-4+. The number of alkyl halides is 1. The molecule has 0 amide bonds. The van der Waals surface area contributed by atoms with Gasteiger partial charge >= 0.3 is 0 Å². The Balaban J connectivity index is 3.63. The average molecular weight is 134 g/mol. The molecule has 0 aliphatic heterocycles. The lowest BCUT2D eigenvalue weighted by atomic mass is 10.3. The maximum absolute atomic E-state index is 5.74. The highest BCUT2D eigenvalue weighted by atomic mass is 35.5. The fourth-order valence-electron chi connectivity index (χ4n) is 0.374. The van der Waals surface area contributed by atoms with Crippen LogP contribution < -0.4 is 5.32 Å². The molecular formula is C6H12ClN. The molecule has 0 heterocycles. The molecule has 0 saturated heterocycles. The molecule has 0 aromatic carbocycles. The van der Waals surface area contributed by atoms with E-state index in [0.717, 1.165) is 5.57 Å². The van der Waals surface area contributed by atoms with Gasteiger partial charge in [-0.25, -0.2) is 0 Å². The third kappa shape index (κ3) is 2.34. The van der Waals surface area contributed by atoms with E-state index in [1.54, 1.807) is 0 Å². The summed E-state index contributed by atoms with van der Waals surface area (Å²) in [5.41, 5.74) is 1.16. The molecule has 0 aromatic heterocycles. The summed E-state index contributed by atoms with van der Waals surface area (Å²) in [6, 6.07) is 0. The zero-order valence-corrected chi connectivity index (χ0v) is 6.29. The smallest absolute Gasteiger partial charge is 0.104 e. The SMILES string of the molecule is C/C=C(\C)C(Cl)NC. The Labute approximate surface area is 55.7 Å². The van der Waals surface area contributed by atoms with Gasteiger partial charge in [0, 0.05) is 0 Å². The number of rotatable bonds is 2. The molecule has 1 unspecified atom stereocenters. The van der Waals surface area contributed by atoms with Crippen LogP contribution in [-0.4, -0.2) is 12.5 Å². The summed E-state index contributed by atoms with van der Waals surface area (Å²) >= 11 is 5.74. The zero-order valence-electron chi connectivity index (χ0n) is 5.53. The van der Waals surface area contributed by atoms with Gasteiger partial charge in [0.25, 0.3) is 0 Å². The second-order valence-corrected chi connectivity index (χ2v) is 2.12. The lowest BCUT2D eigenvalue weighted by molar-refractivity contribution is 0.814. The molecule has 0 spiro atoms. The van der Waals surface area contributed by atoms with Crippen molar-refractivity contribution in [3.05, 3.63) is 11.6 Å². The third-order valence-electron chi connectivity index (χ3n) is 1.11. The van der Waals surface area contributed by atoms with E-state index >= 15 is 0 Å². The Morgan fingerprint density at radius 1 is 1.75 bits per heavy atom. The summed E-state index contributed by atoms with van der Waals surface area (Å²) in [6.07, 6.45) is 1.99. The maximum atomic E-state index is 5.74. The van der Waals surface area contributed by atoms with Gasteiger partial charge in [-0.1, -0.05) is 6.08 Å². The normalized spacial score (nSPS) is 16.2. The quantitative estimate of drug-likeness (QED) is 0.344. The van der Waals surface area contributed by atoms with Gasteiger partial charge in [0.2, 0.25) is 0 Å². The molecule has 0 fully saturated rings. The van der Waals surface area contributed by atoms with Gasteiger partial charge in [0.1, 0.15) is 5.50 Å². The monoisotopic (exact) mass is 133 g/mol. The minimum atomic E-state index is -0.000000000000000222. The largest absolute Gasteiger partial charge is 0.301 e. The van der Waals surface area contributed by atoms with Crippen LogP contribution in [0.3, 0.4) is 0 Å². The number of allylic oxidation sites excluding steroid dienone is 1. The Hall–Kier alpha value is -0.0100. The van der Waals surface area contributed by atoms with Crippen LogP contribution in [0.1, 0.15) is 13.8 Å². The summed E-state index contributed by atoms with van der Waals surface area (Å²) in [5.74, 6) is 0. The molecule has 0 aliphatic rings. The van der Waals surface area contributed by atoms with Crippen molar-refractivity contribution in [1.82, 2.24) is 5.32 Å². The van der Waals surface area contributed by atoms with Crippen molar-refractivity contribution >= 4 is 11.6 Å². The predicted octanol–water partition coefficient (Wildman–Crippen LogP) is 1.74. The zero-order chi connectivity index (χ0) is 6.57. The predicted molar refractivity (Wildman–Crippen MR) is 38.1 cm³/mol. The minimum absolute atomic E-state index is 0.000000000000000222. The van der Waals surface area contributed by atoms with Crippen LogP contribution >= 0.6 is 11.6 Å². The lowest BCUT2D eigenvalue weighted by Crippen LogP contribution is -2.19. The molecule has 1 nitrogen and oxygen atoms in total. The van der Waals surface area contributed by atoms with Crippen LogP contribution in [0.4, 0.5) is 0 Å². The molecule has 0 aromatic rings. The average Bonchev–Trinajstić information content (AvgIpc) is 1.84. The highest BCUT2D eigenvalue weighted by Gasteiger charge is 1.98. The third-order valence-corrected chi connectivity index (χ3v) is 1.67. The van der Waals surface area contributed by atoms with Gasteiger partial charge in [-0.3, -0.25) is 0 Å². The topological polar surface area (TPSA) is 12.0 Å². The highest BCUT2D eigenvalue weighted by Crippen LogP contribution is 2.03. The van der Waals surface area contributed by atoms with Crippen molar-refractivity contribution in [1.29, 1.82) is 0 Å². The van der Waals surface area contributed by atoms with Crippen LogP contribution in [0, 0.1) is 0 Å². The van der Waals surface area contributed by atoms with Crippen molar-refractivity contribution in [3.63, 3.8) is 0 Å². The molecule has 1 N–H and O–H groups in total. The van der Waals surface area contributed by atoms with Crippen LogP contribution in [0.25, 0.3) is 0 Å². The second kappa shape index (κ2) is 3.93. The summed E-state index contributed by atoms with van der Waals surface area (Å²) < 4.78 is 0. The number of halogens is 1. The molecule has 0 aliphatic carbocycles. The Bertz CT molecular complexity index is 88.5. The van der Waals surface area contributed by atoms with Gasteiger partial charge in [-0.05, 0) is 26.5 Å². The van der Waals surface area contributed by atoms with Crippen molar-refractivity contribution in [2.45, 2.75) is 19.3 Å². The van der Waals surface area contributed by atoms with Crippen molar-refractivity contribution in [2.75, 3.05) is 7.05 Å². The fraction of sp³-hybridized carbons (Fsp3) is 0.667. The Kier molecular flexibility index (Phi) is 3.92. The van der Waals surface area contributed by atoms with Gasteiger partial charge in [-0.2, -0.15) is 0 Å². The second-order valence-electron chi connectivity index (χ2n) is 1.68. The first kappa shape index (κ1) is 7.99. The van der Waals surface area contributed by atoms with Crippen molar-refractivity contribution in [2.24, 2.45) is 0 Å². The number of likely N-dealkylation sites (N-methyl/N-ethyl adjacent to an activating group) is 1. The number of hydrogen-bond acceptors (Lipinski definition) is 1. The van der Waals surface area contributed by atoms with E-state index in [1.807, 2.05) is 27.0 Å². The van der Waals surface area contributed by atoms with Crippen molar-refractivity contribution < 1.29 is 0 Å². The van der Waals surface area contributed by atoms with Crippen molar-refractivity contribution in [3.8, 4) is 0 Å². The first-order valence-electron chi connectivity index (χ1n) is 2.66. The summed E-state index contributed by atoms with van der Waals surface area (Å²) in [7, 11) is 1.84. The molecule has 0 rings (SSSR count). The Morgan fingerprint density at radius 3 is 2.38 bits per heavy atom. The van der Waals surface area contributed by atoms with Gasteiger partial charge in [0.05, 0.1) is 0 Å². The fourth-order valence-corrected chi connectivity index (χ4v) is 0.500. The summed E-state index contributed by atoms with van der Waals surface area (Å²) in [6.45, 7) is 3.97. The van der Waals surface area contributed by atoms with E-state index in [1.165, 1.54) is 0 Å². The number of nitrogens with one attached hydrogen (secondary N) is 1. The van der Waals surface area contributed by atoms with E-state index in [0.29, 0.717) is 0 Å². The Morgan fingerprint density at radius 2 is 2.25 bits per heavy atom. The van der Waals surface area contributed by atoms with Gasteiger partial charge in [0.15, 0.2) is 0 Å². The van der Waals surface area contributed by atoms with Crippen LogP contribution in [0.2, 0.25) is 0 Å². The van der Waals surface area contributed by atoms with E-state index < -0.39 is 0 Å². The first-order chi connectivity index (χ1) is 3.72. The highest BCUT2D eigenvalue weighted by molar-refractivity contribution is 6.22. The maximum Gasteiger partial charge on any atom is 0.104 e. The molecule has 0 saturated carbocycles. The molecule has 1 atom stereocenters. The molecular weight excluding hydrogens is 122 g/mol. The minimum Gasteiger partial charge on any atom is -0.301 e. The molecule has 0 bridgehead atoms. The van der Waals surface area contributed by atoms with Gasteiger partial charge < -0.3 is 5.32 Å². The van der Waals surface area contributed by atoms with E-state index in [2.05, 4.69) is 5.32 Å². The van der Waals surface area contributed by atoms with Crippen LogP contribution in [0.5, 0.6) is 0 Å². The number of hydrogen-bond donors (Lipinski definition) is 1. The lowest BCUT2D eigenvalue weighted by Gasteiger charge is -2.05. The summed E-state index contributed by atoms with van der Waals surface area (Å²) in [4.78, 5) is 0. The molecule has 2 heteroatoms. The summed E-state index contributed by atoms with van der Waals surface area (Å²) in [5, 5.41) is 2.91.